The van der Waals surface area contributed by atoms with Gasteiger partial charge in [0.05, 0.1) is 55.1 Å². The molecule has 452 valence electrons. The smallest absolute Gasteiger partial charge is 0.314 e. The first-order chi connectivity index (χ1) is 36.9. The summed E-state index contributed by atoms with van der Waals surface area (Å²) in [6.07, 6.45) is -23.5. The van der Waals surface area contributed by atoms with Crippen molar-refractivity contribution < 1.29 is 118 Å². The van der Waals surface area contributed by atoms with Crippen LogP contribution >= 0.6 is 0 Å². The molecule has 5 heterocycles. The number of methoxy groups -OCH3 is 1. The first-order valence-corrected chi connectivity index (χ1v) is 28.2. The maximum Gasteiger partial charge on any atom is 0.314 e. The Hall–Kier alpha value is -2.12. The number of carbonyl (C=O) groups excluding carboxylic acids is 2. The van der Waals surface area contributed by atoms with Crippen LogP contribution in [-0.4, -0.2) is 235 Å². The summed E-state index contributed by atoms with van der Waals surface area (Å²) in [6, 6.07) is 0. The zero-order valence-electron chi connectivity index (χ0n) is 46.9. The molecule has 5 saturated heterocycles. The van der Waals surface area contributed by atoms with E-state index < -0.39 is 175 Å². The van der Waals surface area contributed by atoms with Crippen LogP contribution in [0.25, 0.3) is 0 Å². The molecule has 3 saturated carbocycles. The lowest BCUT2D eigenvalue weighted by molar-refractivity contribution is -0.387. The van der Waals surface area contributed by atoms with Gasteiger partial charge in [-0.1, -0.05) is 39.3 Å². The predicted molar refractivity (Wildman–Crippen MR) is 268 cm³/mol. The van der Waals surface area contributed by atoms with Crippen molar-refractivity contribution in [1.29, 1.82) is 0 Å². The van der Waals surface area contributed by atoms with Gasteiger partial charge in [0, 0.05) is 19.4 Å². The lowest BCUT2D eigenvalue weighted by atomic mass is 9.41. The van der Waals surface area contributed by atoms with Gasteiger partial charge in [0.25, 0.3) is 0 Å². The zero-order chi connectivity index (χ0) is 57.9. The number of cyclic esters (lactones) is 1. The Kier molecular flexibility index (Phi) is 17.4. The summed E-state index contributed by atoms with van der Waals surface area (Å²) in [5.41, 5.74) is -3.89. The summed E-state index contributed by atoms with van der Waals surface area (Å²) in [6.45, 7) is 15.0. The lowest BCUT2D eigenvalue weighted by Gasteiger charge is -2.63. The third kappa shape index (κ3) is 10.4. The Balaban J connectivity index is 0.887. The van der Waals surface area contributed by atoms with E-state index in [4.69, 9.17) is 52.1 Å². The molecule has 1 spiro atoms. The van der Waals surface area contributed by atoms with Crippen molar-refractivity contribution in [2.45, 2.75) is 254 Å². The molecule has 4 aliphatic carbocycles. The van der Waals surface area contributed by atoms with Gasteiger partial charge in [-0.2, -0.15) is 0 Å². The monoisotopic (exact) mass is 1130 g/mol. The number of aliphatic hydroxyl groups excluding tert-OH is 10. The Morgan fingerprint density at radius 1 is 0.772 bits per heavy atom. The molecule has 8 fully saturated rings. The van der Waals surface area contributed by atoms with Crippen LogP contribution in [0.2, 0.25) is 0 Å². The van der Waals surface area contributed by atoms with Crippen LogP contribution in [0.5, 0.6) is 0 Å². The second-order valence-corrected chi connectivity index (χ2v) is 26.0. The molecule has 0 aromatic heterocycles. The highest BCUT2D eigenvalue weighted by atomic mass is 16.8. The van der Waals surface area contributed by atoms with Crippen LogP contribution < -0.4 is 0 Å². The number of rotatable bonds is 15. The van der Waals surface area contributed by atoms with Gasteiger partial charge in [-0.05, 0) is 102 Å². The van der Waals surface area contributed by atoms with Crippen molar-refractivity contribution in [3.05, 3.63) is 11.6 Å². The van der Waals surface area contributed by atoms with Crippen LogP contribution in [0.3, 0.4) is 0 Å². The number of carbonyl (C=O) groups is 2. The molecular weight excluding hydrogens is 1040 g/mol. The normalized spacial score (nSPS) is 51.0. The summed E-state index contributed by atoms with van der Waals surface area (Å²) in [7, 11) is 1.26. The minimum Gasteiger partial charge on any atom is -0.462 e. The molecule has 9 rings (SSSR count). The van der Waals surface area contributed by atoms with E-state index in [1.165, 1.54) is 34.8 Å². The van der Waals surface area contributed by atoms with Gasteiger partial charge >= 0.3 is 11.9 Å². The van der Waals surface area contributed by atoms with Gasteiger partial charge in [0.2, 0.25) is 0 Å². The Labute approximate surface area is 460 Å². The van der Waals surface area contributed by atoms with Gasteiger partial charge in [-0.15, -0.1) is 0 Å². The van der Waals surface area contributed by atoms with Gasteiger partial charge in [0.1, 0.15) is 91.1 Å². The van der Waals surface area contributed by atoms with Crippen molar-refractivity contribution in [3.63, 3.8) is 0 Å². The number of fused-ring (bicyclic) bond motifs is 4. The predicted octanol–water partition coefficient (Wildman–Crippen LogP) is -1.04. The van der Waals surface area contributed by atoms with Gasteiger partial charge in [-0.25, -0.2) is 0 Å². The number of hydrogen-bond acceptors (Lipinski definition) is 24. The van der Waals surface area contributed by atoms with Gasteiger partial charge in [-0.3, -0.25) is 9.59 Å². The molecule has 0 aromatic rings. The highest BCUT2D eigenvalue weighted by molar-refractivity contribution is 5.84. The molecular formula is C55H88O24. The van der Waals surface area contributed by atoms with E-state index in [0.717, 1.165) is 5.57 Å². The fourth-order valence-electron chi connectivity index (χ4n) is 16.2. The van der Waals surface area contributed by atoms with E-state index in [-0.39, 0.29) is 49.3 Å². The van der Waals surface area contributed by atoms with Crippen molar-refractivity contribution in [2.75, 3.05) is 26.9 Å². The Bertz CT molecular complexity index is 2210. The topological polar surface area (TPSA) is 358 Å². The summed E-state index contributed by atoms with van der Waals surface area (Å²) < 4.78 is 65.8. The lowest BCUT2D eigenvalue weighted by Crippen LogP contribution is -2.66. The molecule has 28 unspecified atom stereocenters. The summed E-state index contributed by atoms with van der Waals surface area (Å²) in [5, 5.41) is 121. The summed E-state index contributed by atoms with van der Waals surface area (Å²) in [4.78, 5) is 27.4. The molecule has 11 N–H and O–H groups in total. The second kappa shape index (κ2) is 22.4. The van der Waals surface area contributed by atoms with E-state index in [1.807, 2.05) is 6.92 Å². The molecule has 0 radical (unpaired) electrons. The second-order valence-electron chi connectivity index (χ2n) is 26.0. The van der Waals surface area contributed by atoms with E-state index in [0.29, 0.717) is 38.5 Å². The molecule has 24 nitrogen and oxygen atoms in total. The number of esters is 2. The first kappa shape index (κ1) is 61.4. The highest BCUT2D eigenvalue weighted by Crippen LogP contribution is 2.77. The van der Waals surface area contributed by atoms with E-state index in [9.17, 15) is 65.8 Å². The van der Waals surface area contributed by atoms with Crippen molar-refractivity contribution in [3.8, 4) is 0 Å². The largest absolute Gasteiger partial charge is 0.462 e. The highest BCUT2D eigenvalue weighted by Gasteiger charge is 2.79. The molecule has 9 aliphatic rings. The van der Waals surface area contributed by atoms with Crippen LogP contribution in [0, 0.1) is 39.4 Å². The van der Waals surface area contributed by atoms with Gasteiger partial charge in [0.15, 0.2) is 25.2 Å². The number of ether oxygens (including phenoxy) is 11. The SMILES string of the molecule is COC1C(O)COC(OC2C(O)C(CO)OC(OC3C(C)OC(OC4C(OC5CCC6(C)C7CCC89C(=O)OC(C)(CCC(O)C(C)(C)O)C8C(OC(C)=O)CC9(C)C7=CCC6C5(C)C)OCC(O)C4O)C(O)C3O)C2O)C1O. The van der Waals surface area contributed by atoms with Crippen molar-refractivity contribution in [1.82, 2.24) is 0 Å². The summed E-state index contributed by atoms with van der Waals surface area (Å²) >= 11 is 0. The van der Waals surface area contributed by atoms with Crippen LogP contribution in [-0.2, 0) is 61.7 Å². The zero-order valence-corrected chi connectivity index (χ0v) is 46.9. The molecule has 79 heavy (non-hydrogen) atoms. The number of allylic oxidation sites excluding steroid dienone is 2. The average Bonchev–Trinajstić information content (AvgIpc) is 2.34. The number of hydrogen-bond donors (Lipinski definition) is 11. The average molecular weight is 1130 g/mol. The van der Waals surface area contributed by atoms with Crippen LogP contribution in [0.4, 0.5) is 0 Å². The minimum absolute atomic E-state index is 0.0271. The minimum atomic E-state index is -1.89. The third-order valence-corrected chi connectivity index (χ3v) is 20.5. The van der Waals surface area contributed by atoms with Crippen molar-refractivity contribution >= 4 is 11.9 Å². The molecule has 5 aliphatic heterocycles. The van der Waals surface area contributed by atoms with E-state index >= 15 is 0 Å². The standard InChI is InChI=1S/C55H88O24/c1-23-40(76-47-39(66)42(35(62)30(20-56)74-47)77-45-38(65)41(69-10)28(59)22-70-45)36(63)37(64)46(72-23)78-43-34(61)27(58)21-71-48(43)75-33-15-16-52(7)25-13-18-55-44(54(9,79-49(55)67)17-14-32(60)51(5,6)68)29(73-24(2)57)19-53(55,8)26(25)11-12-31(52)50(33,3)4/h11,23,25,27-48,56,58-66,68H,12-22H2,1-10H3. The number of aliphatic hydroxyl groups is 11. The maximum atomic E-state index is 14.7. The Morgan fingerprint density at radius 2 is 1.41 bits per heavy atom. The van der Waals surface area contributed by atoms with Crippen LogP contribution in [0.15, 0.2) is 11.6 Å². The molecule has 0 aromatic carbocycles. The van der Waals surface area contributed by atoms with Crippen molar-refractivity contribution in [2.24, 2.45) is 39.4 Å². The molecule has 28 atom stereocenters. The first-order valence-electron chi connectivity index (χ1n) is 28.2. The molecule has 0 bridgehead atoms. The summed E-state index contributed by atoms with van der Waals surface area (Å²) in [5.74, 6) is -1.22. The third-order valence-electron chi connectivity index (χ3n) is 20.5. The molecule has 0 amide bonds. The fraction of sp³-hybridized carbons (Fsp3) is 0.927. The van der Waals surface area contributed by atoms with Gasteiger partial charge < -0.3 is 108 Å². The van der Waals surface area contributed by atoms with E-state index in [1.54, 1.807) is 0 Å². The maximum absolute atomic E-state index is 14.7. The van der Waals surface area contributed by atoms with E-state index in [2.05, 4.69) is 33.8 Å². The quantitative estimate of drug-likeness (QED) is 0.0689. The fourth-order valence-corrected chi connectivity index (χ4v) is 16.2. The Morgan fingerprint density at radius 3 is 2.06 bits per heavy atom. The molecule has 24 heteroatoms. The van der Waals surface area contributed by atoms with Crippen LogP contribution in [0.1, 0.15) is 114 Å².